The van der Waals surface area contributed by atoms with Gasteiger partial charge in [-0.05, 0) is 30.2 Å². The van der Waals surface area contributed by atoms with Gasteiger partial charge in [-0.1, -0.05) is 12.1 Å². The van der Waals surface area contributed by atoms with Crippen molar-refractivity contribution in [3.05, 3.63) is 29.8 Å². The van der Waals surface area contributed by atoms with Crippen molar-refractivity contribution in [3.63, 3.8) is 0 Å². The van der Waals surface area contributed by atoms with Gasteiger partial charge >= 0.3 is 0 Å². The number of carbonyl (C=O) groups excluding carboxylic acids is 1. The van der Waals surface area contributed by atoms with Gasteiger partial charge in [0.05, 0.1) is 7.11 Å². The monoisotopic (exact) mass is 329 g/mol. The van der Waals surface area contributed by atoms with Crippen molar-refractivity contribution < 1.29 is 9.53 Å². The van der Waals surface area contributed by atoms with Gasteiger partial charge in [-0.15, -0.1) is 23.5 Å². The Morgan fingerprint density at radius 3 is 2.40 bits per heavy atom. The molecule has 6 heteroatoms. The number of rotatable bonds is 6. The highest BCUT2D eigenvalue weighted by Gasteiger charge is 2.03. The molecule has 20 heavy (non-hydrogen) atoms. The Hall–Kier alpha value is -0.590. The third-order valence-electron chi connectivity index (χ3n) is 2.45. The molecule has 1 amide bonds. The maximum Gasteiger partial charge on any atom is 0.248 e. The molecule has 0 bridgehead atoms. The van der Waals surface area contributed by atoms with Crippen LogP contribution in [-0.4, -0.2) is 35.7 Å². The van der Waals surface area contributed by atoms with E-state index in [4.69, 9.17) is 4.74 Å². The van der Waals surface area contributed by atoms with E-state index in [1.807, 2.05) is 36.8 Å². The Balaban J connectivity index is 2.27. The second-order valence-corrected chi connectivity index (χ2v) is 6.78. The maximum atomic E-state index is 11.6. The summed E-state index contributed by atoms with van der Waals surface area (Å²) < 4.78 is 5.94. The fourth-order valence-electron chi connectivity index (χ4n) is 1.40. The van der Waals surface area contributed by atoms with Crippen LogP contribution < -0.4 is 4.74 Å². The summed E-state index contributed by atoms with van der Waals surface area (Å²) in [5, 5.41) is 0. The number of ether oxygens (including phenoxy) is 1. The van der Waals surface area contributed by atoms with E-state index in [2.05, 4.69) is 4.99 Å². The summed E-state index contributed by atoms with van der Waals surface area (Å²) in [7, 11) is 1.66. The fourth-order valence-corrected chi connectivity index (χ4v) is 3.35. The predicted octanol–water partition coefficient (Wildman–Crippen LogP) is 3.93. The molecule has 0 heterocycles. The highest BCUT2D eigenvalue weighted by molar-refractivity contribution is 8.38. The molecule has 0 atom stereocenters. The first-order valence-electron chi connectivity index (χ1n) is 6.09. The molecule has 0 saturated carbocycles. The zero-order chi connectivity index (χ0) is 14.8. The van der Waals surface area contributed by atoms with Crippen molar-refractivity contribution in [1.82, 2.24) is 0 Å². The molecule has 0 radical (unpaired) electrons. The molecule has 0 N–H and O–H groups in total. The Morgan fingerprint density at radius 2 is 1.85 bits per heavy atom. The molecule has 1 aromatic rings. The number of nitrogens with zero attached hydrogens (tertiary/aromatic N) is 1. The summed E-state index contributed by atoms with van der Waals surface area (Å²) in [6.07, 6.45) is 4.35. The number of amides is 1. The van der Waals surface area contributed by atoms with E-state index in [1.165, 1.54) is 29.1 Å². The van der Waals surface area contributed by atoms with Crippen molar-refractivity contribution in [2.45, 2.75) is 12.2 Å². The minimum absolute atomic E-state index is 0.0362. The Kier molecular flexibility index (Phi) is 8.89. The SMILES string of the molecule is COc1ccc(CSCCC(=O)N=C(SC)SC)cc1. The number of hydrogen-bond donors (Lipinski definition) is 0. The van der Waals surface area contributed by atoms with Crippen LogP contribution in [0.15, 0.2) is 29.3 Å². The minimum Gasteiger partial charge on any atom is -0.497 e. The number of carbonyl (C=O) groups is 1. The van der Waals surface area contributed by atoms with Gasteiger partial charge in [0, 0.05) is 17.9 Å². The maximum absolute atomic E-state index is 11.6. The summed E-state index contributed by atoms with van der Waals surface area (Å²) in [6, 6.07) is 8.00. The zero-order valence-corrected chi connectivity index (χ0v) is 14.4. The van der Waals surface area contributed by atoms with E-state index in [0.29, 0.717) is 6.42 Å². The average molecular weight is 330 g/mol. The lowest BCUT2D eigenvalue weighted by molar-refractivity contribution is -0.117. The quantitative estimate of drug-likeness (QED) is 0.449. The average Bonchev–Trinajstić information content (AvgIpc) is 2.49. The van der Waals surface area contributed by atoms with E-state index in [9.17, 15) is 4.79 Å². The van der Waals surface area contributed by atoms with Gasteiger partial charge in [0.1, 0.15) is 10.1 Å². The molecule has 110 valence electrons. The number of aliphatic imine (C=N–C) groups is 1. The van der Waals surface area contributed by atoms with Crippen LogP contribution in [0.3, 0.4) is 0 Å². The first-order chi connectivity index (χ1) is 9.69. The molecule has 3 nitrogen and oxygen atoms in total. The predicted molar refractivity (Wildman–Crippen MR) is 93.2 cm³/mol. The molecule has 0 saturated heterocycles. The summed E-state index contributed by atoms with van der Waals surface area (Å²) in [6.45, 7) is 0. The molecule has 1 rings (SSSR count). The van der Waals surface area contributed by atoms with Gasteiger partial charge < -0.3 is 4.74 Å². The standard InChI is InChI=1S/C14H19NO2S3/c1-17-12-6-4-11(5-7-12)10-20-9-8-13(16)15-14(18-2)19-3/h4-7H,8-10H2,1-3H3. The van der Waals surface area contributed by atoms with Crippen molar-refractivity contribution in [3.8, 4) is 5.75 Å². The summed E-state index contributed by atoms with van der Waals surface area (Å²) in [4.78, 5) is 15.7. The van der Waals surface area contributed by atoms with Crippen LogP contribution in [0.1, 0.15) is 12.0 Å². The molecular formula is C14H19NO2S3. The Bertz CT molecular complexity index is 440. The topological polar surface area (TPSA) is 38.7 Å². The lowest BCUT2D eigenvalue weighted by atomic mass is 10.2. The lowest BCUT2D eigenvalue weighted by Gasteiger charge is -2.03. The van der Waals surface area contributed by atoms with Gasteiger partial charge in [-0.2, -0.15) is 16.8 Å². The van der Waals surface area contributed by atoms with E-state index in [0.717, 1.165) is 21.6 Å². The Morgan fingerprint density at radius 1 is 1.20 bits per heavy atom. The normalized spacial score (nSPS) is 10.2. The van der Waals surface area contributed by atoms with Crippen LogP contribution in [-0.2, 0) is 10.5 Å². The smallest absolute Gasteiger partial charge is 0.248 e. The van der Waals surface area contributed by atoms with E-state index in [1.54, 1.807) is 18.9 Å². The van der Waals surface area contributed by atoms with Crippen LogP contribution in [0.4, 0.5) is 0 Å². The van der Waals surface area contributed by atoms with Crippen LogP contribution in [0.2, 0.25) is 0 Å². The van der Waals surface area contributed by atoms with Crippen LogP contribution in [0.5, 0.6) is 5.75 Å². The lowest BCUT2D eigenvalue weighted by Crippen LogP contribution is -1.98. The van der Waals surface area contributed by atoms with Crippen LogP contribution in [0.25, 0.3) is 0 Å². The van der Waals surface area contributed by atoms with Gasteiger partial charge in [0.15, 0.2) is 0 Å². The van der Waals surface area contributed by atoms with Crippen LogP contribution >= 0.6 is 35.3 Å². The largest absolute Gasteiger partial charge is 0.497 e. The van der Waals surface area contributed by atoms with Crippen molar-refractivity contribution in [2.75, 3.05) is 25.4 Å². The van der Waals surface area contributed by atoms with Gasteiger partial charge in [-0.25, -0.2) is 0 Å². The van der Waals surface area contributed by atoms with Gasteiger partial charge in [0.2, 0.25) is 5.91 Å². The highest BCUT2D eigenvalue weighted by Crippen LogP contribution is 2.17. The number of benzene rings is 1. The van der Waals surface area contributed by atoms with Crippen LogP contribution in [0, 0.1) is 0 Å². The summed E-state index contributed by atoms with van der Waals surface area (Å²) >= 11 is 4.77. The molecule has 0 fully saturated rings. The molecule has 0 aliphatic heterocycles. The van der Waals surface area contributed by atoms with Gasteiger partial charge in [-0.3, -0.25) is 4.79 Å². The molecule has 0 unspecified atom stereocenters. The highest BCUT2D eigenvalue weighted by atomic mass is 32.2. The molecule has 0 aliphatic carbocycles. The van der Waals surface area contributed by atoms with Crippen molar-refractivity contribution in [2.24, 2.45) is 4.99 Å². The third-order valence-corrected chi connectivity index (χ3v) is 5.36. The van der Waals surface area contributed by atoms with E-state index >= 15 is 0 Å². The first kappa shape index (κ1) is 17.5. The molecule has 0 spiro atoms. The number of hydrogen-bond acceptors (Lipinski definition) is 5. The molecule has 0 aromatic heterocycles. The fraction of sp³-hybridized carbons (Fsp3) is 0.429. The number of methoxy groups -OCH3 is 1. The molecule has 0 aliphatic rings. The minimum atomic E-state index is -0.0362. The molecule has 1 aromatic carbocycles. The number of thioether (sulfide) groups is 3. The second-order valence-electron chi connectivity index (χ2n) is 3.83. The summed E-state index contributed by atoms with van der Waals surface area (Å²) in [5.74, 6) is 2.53. The van der Waals surface area contributed by atoms with E-state index in [-0.39, 0.29) is 5.91 Å². The Labute approximate surface area is 133 Å². The third kappa shape index (κ3) is 6.72. The second kappa shape index (κ2) is 10.2. The van der Waals surface area contributed by atoms with Crippen molar-refractivity contribution in [1.29, 1.82) is 0 Å². The van der Waals surface area contributed by atoms with Gasteiger partial charge in [0.25, 0.3) is 0 Å². The zero-order valence-electron chi connectivity index (χ0n) is 11.9. The first-order valence-corrected chi connectivity index (χ1v) is 9.70. The summed E-state index contributed by atoms with van der Waals surface area (Å²) in [5.41, 5.74) is 1.24. The molecular weight excluding hydrogens is 310 g/mol. The van der Waals surface area contributed by atoms with Crippen molar-refractivity contribution >= 4 is 45.6 Å². The van der Waals surface area contributed by atoms with E-state index < -0.39 is 0 Å².